The van der Waals surface area contributed by atoms with Crippen molar-refractivity contribution in [3.05, 3.63) is 59.4 Å². The van der Waals surface area contributed by atoms with E-state index in [0.717, 1.165) is 5.56 Å². The van der Waals surface area contributed by atoms with E-state index in [0.29, 0.717) is 17.3 Å². The molecule has 0 aliphatic carbocycles. The van der Waals surface area contributed by atoms with Crippen LogP contribution in [-0.2, 0) is 20.8 Å². The third-order valence-corrected chi connectivity index (χ3v) is 5.16. The molecule has 0 aliphatic rings. The number of benzene rings is 1. The second-order valence-electron chi connectivity index (χ2n) is 9.12. The van der Waals surface area contributed by atoms with Crippen molar-refractivity contribution >= 4 is 23.7 Å². The van der Waals surface area contributed by atoms with Crippen LogP contribution in [0, 0.1) is 6.92 Å². The zero-order chi connectivity index (χ0) is 27.2. The Bertz CT molecular complexity index is 1250. The maximum absolute atomic E-state index is 13.0. The second kappa shape index (κ2) is 11.6. The van der Waals surface area contributed by atoms with Gasteiger partial charge in [0.15, 0.2) is 17.4 Å². The first-order chi connectivity index (χ1) is 17.5. The molecule has 0 bridgehead atoms. The molecule has 2 heterocycles. The summed E-state index contributed by atoms with van der Waals surface area (Å²) in [5.74, 6) is 0.318. The molecule has 0 saturated heterocycles. The molecule has 0 radical (unpaired) electrons. The summed E-state index contributed by atoms with van der Waals surface area (Å²) in [5.41, 5.74) is 0.916. The van der Waals surface area contributed by atoms with Crippen LogP contribution in [0.2, 0.25) is 0 Å². The van der Waals surface area contributed by atoms with Crippen LogP contribution in [0.1, 0.15) is 55.7 Å². The van der Waals surface area contributed by atoms with E-state index in [1.807, 2.05) is 12.1 Å². The Balaban J connectivity index is 1.85. The number of anilines is 1. The molecule has 1 aromatic carbocycles. The molecule has 1 amide bonds. The molecule has 3 rings (SSSR count). The van der Waals surface area contributed by atoms with Crippen LogP contribution in [-0.4, -0.2) is 57.1 Å². The molecule has 0 fully saturated rings. The highest BCUT2D eigenvalue weighted by molar-refractivity contribution is 6.06. The number of hydrogen-bond donors (Lipinski definition) is 0. The number of aromatic nitrogens is 4. The molecule has 11 heteroatoms. The molecule has 0 spiro atoms. The van der Waals surface area contributed by atoms with Crippen LogP contribution in [0.5, 0.6) is 5.75 Å². The zero-order valence-electron chi connectivity index (χ0n) is 21.8. The van der Waals surface area contributed by atoms with E-state index in [9.17, 15) is 14.4 Å². The average molecular weight is 510 g/mol. The minimum absolute atomic E-state index is 0.195. The van der Waals surface area contributed by atoms with Crippen molar-refractivity contribution < 1.29 is 28.6 Å². The maximum atomic E-state index is 13.0. The van der Waals surface area contributed by atoms with Crippen molar-refractivity contribution in [2.24, 2.45) is 0 Å². The first kappa shape index (κ1) is 27.3. The highest BCUT2D eigenvalue weighted by Gasteiger charge is 2.25. The third-order valence-electron chi connectivity index (χ3n) is 5.16. The summed E-state index contributed by atoms with van der Waals surface area (Å²) in [6.07, 6.45) is 0.428. The predicted octanol–water partition coefficient (Wildman–Crippen LogP) is 4.06. The lowest BCUT2D eigenvalue weighted by atomic mass is 10.1. The van der Waals surface area contributed by atoms with Gasteiger partial charge in [-0.2, -0.15) is 5.10 Å². The Morgan fingerprint density at radius 2 is 1.73 bits per heavy atom. The van der Waals surface area contributed by atoms with Crippen LogP contribution in [0.4, 0.5) is 10.6 Å². The van der Waals surface area contributed by atoms with Crippen molar-refractivity contribution in [2.75, 3.05) is 18.6 Å². The summed E-state index contributed by atoms with van der Waals surface area (Å²) in [6.45, 7) is 9.11. The van der Waals surface area contributed by atoms with Gasteiger partial charge in [-0.1, -0.05) is 12.1 Å². The number of methoxy groups -OCH3 is 1. The molecule has 196 valence electrons. The minimum Gasteiger partial charge on any atom is -0.497 e. The molecule has 0 unspecified atom stereocenters. The van der Waals surface area contributed by atoms with E-state index in [-0.39, 0.29) is 31.0 Å². The summed E-state index contributed by atoms with van der Waals surface area (Å²) < 4.78 is 17.1. The topological polar surface area (TPSA) is 126 Å². The van der Waals surface area contributed by atoms with E-state index in [1.165, 1.54) is 15.8 Å². The smallest absolute Gasteiger partial charge is 0.416 e. The van der Waals surface area contributed by atoms with Crippen molar-refractivity contribution in [2.45, 2.75) is 53.2 Å². The molecule has 0 N–H and O–H groups in total. The van der Waals surface area contributed by atoms with Gasteiger partial charge in [0.1, 0.15) is 17.8 Å². The quantitative estimate of drug-likeness (QED) is 0.238. The van der Waals surface area contributed by atoms with Crippen molar-refractivity contribution in [1.29, 1.82) is 0 Å². The van der Waals surface area contributed by atoms with Crippen LogP contribution < -0.4 is 9.64 Å². The summed E-state index contributed by atoms with van der Waals surface area (Å²) in [4.78, 5) is 38.6. The summed E-state index contributed by atoms with van der Waals surface area (Å²) in [5, 5.41) is 12.7. The highest BCUT2D eigenvalue weighted by atomic mass is 16.6. The maximum Gasteiger partial charge on any atom is 0.416 e. The molecule has 37 heavy (non-hydrogen) atoms. The molecule has 11 nitrogen and oxygen atoms in total. The van der Waals surface area contributed by atoms with Crippen LogP contribution in [0.3, 0.4) is 0 Å². The number of carbonyl (C=O) groups is 3. The number of amides is 1. The van der Waals surface area contributed by atoms with Gasteiger partial charge in [-0.05, 0) is 64.4 Å². The van der Waals surface area contributed by atoms with Gasteiger partial charge in [-0.3, -0.25) is 14.5 Å². The van der Waals surface area contributed by atoms with E-state index >= 15 is 0 Å². The Morgan fingerprint density at radius 3 is 2.30 bits per heavy atom. The summed E-state index contributed by atoms with van der Waals surface area (Å²) >= 11 is 0. The fourth-order valence-electron chi connectivity index (χ4n) is 3.40. The van der Waals surface area contributed by atoms with Gasteiger partial charge < -0.3 is 14.2 Å². The first-order valence-corrected chi connectivity index (χ1v) is 11.7. The fourth-order valence-corrected chi connectivity index (χ4v) is 3.40. The number of esters is 1. The third kappa shape index (κ3) is 7.12. The van der Waals surface area contributed by atoms with E-state index < -0.39 is 23.4 Å². The highest BCUT2D eigenvalue weighted by Crippen LogP contribution is 2.22. The van der Waals surface area contributed by atoms with Gasteiger partial charge in [0.25, 0.3) is 0 Å². The standard InChI is InChI=1S/C26H31N5O6/c1-7-36-24(33)14-21(32)20-15-27-31(17(20)2)23-13-12-22(28-29-23)30(25(34)37-26(3,4)5)16-18-8-10-19(35-6)11-9-18/h8-13,15H,7,14,16H2,1-6H3. The Kier molecular flexibility index (Phi) is 8.59. The van der Waals surface area contributed by atoms with Crippen LogP contribution in [0.25, 0.3) is 5.82 Å². The average Bonchev–Trinajstić information content (AvgIpc) is 3.23. The summed E-state index contributed by atoms with van der Waals surface area (Å²) in [7, 11) is 1.58. The SMILES string of the molecule is CCOC(=O)CC(=O)c1cnn(-c2ccc(N(Cc3ccc(OC)cc3)C(=O)OC(C)(C)C)nn2)c1C. The lowest BCUT2D eigenvalue weighted by Crippen LogP contribution is -2.37. The van der Waals surface area contributed by atoms with Gasteiger partial charge in [-0.25, -0.2) is 9.48 Å². The summed E-state index contributed by atoms with van der Waals surface area (Å²) in [6, 6.07) is 10.6. The van der Waals surface area contributed by atoms with E-state index in [2.05, 4.69) is 15.3 Å². The normalized spacial score (nSPS) is 11.1. The Hall–Kier alpha value is -4.28. The van der Waals surface area contributed by atoms with Crippen LogP contribution >= 0.6 is 0 Å². The van der Waals surface area contributed by atoms with Crippen LogP contribution in [0.15, 0.2) is 42.6 Å². The molecule has 2 aromatic heterocycles. The number of hydrogen-bond acceptors (Lipinski definition) is 9. The lowest BCUT2D eigenvalue weighted by molar-refractivity contribution is -0.141. The van der Waals surface area contributed by atoms with Crippen molar-refractivity contribution in [1.82, 2.24) is 20.0 Å². The van der Waals surface area contributed by atoms with Crippen molar-refractivity contribution in [3.63, 3.8) is 0 Å². The molecule has 0 saturated carbocycles. The monoisotopic (exact) mass is 509 g/mol. The van der Waals surface area contributed by atoms with Gasteiger partial charge in [-0.15, -0.1) is 10.2 Å². The molecule has 3 aromatic rings. The predicted molar refractivity (Wildman–Crippen MR) is 135 cm³/mol. The lowest BCUT2D eigenvalue weighted by Gasteiger charge is -2.26. The van der Waals surface area contributed by atoms with E-state index in [4.69, 9.17) is 14.2 Å². The van der Waals surface area contributed by atoms with Gasteiger partial charge in [0.2, 0.25) is 0 Å². The van der Waals surface area contributed by atoms with Gasteiger partial charge >= 0.3 is 12.1 Å². The molecular formula is C26H31N5O6. The van der Waals surface area contributed by atoms with E-state index in [1.54, 1.807) is 66.0 Å². The molecule has 0 aliphatic heterocycles. The van der Waals surface area contributed by atoms with Gasteiger partial charge in [0.05, 0.1) is 37.7 Å². The number of ether oxygens (including phenoxy) is 3. The van der Waals surface area contributed by atoms with Crippen molar-refractivity contribution in [3.8, 4) is 11.6 Å². The Morgan fingerprint density at radius 1 is 1.03 bits per heavy atom. The molecular weight excluding hydrogens is 478 g/mol. The fraction of sp³-hybridized carbons (Fsp3) is 0.385. The number of ketones is 1. The number of rotatable bonds is 9. The number of nitrogens with zero attached hydrogens (tertiary/aromatic N) is 5. The minimum atomic E-state index is -0.707. The van der Waals surface area contributed by atoms with Gasteiger partial charge in [0, 0.05) is 0 Å². The largest absolute Gasteiger partial charge is 0.497 e. The Labute approximate surface area is 215 Å². The second-order valence-corrected chi connectivity index (χ2v) is 9.12. The zero-order valence-corrected chi connectivity index (χ0v) is 21.8. The number of Topliss-reactive ketones (excluding diaryl/α,β-unsaturated/α-hetero) is 1. The molecule has 0 atom stereocenters. The first-order valence-electron chi connectivity index (χ1n) is 11.7. The number of carbonyl (C=O) groups excluding carboxylic acids is 3.